The van der Waals surface area contributed by atoms with Crippen molar-refractivity contribution < 1.29 is 65.5 Å². The fourth-order valence-electron chi connectivity index (χ4n) is 6.50. The van der Waals surface area contributed by atoms with E-state index in [4.69, 9.17) is 24.4 Å². The molecule has 2 amide bonds. The van der Waals surface area contributed by atoms with Crippen LogP contribution in [-0.2, 0) is 19.9 Å². The number of unbranched alkanes of at least 4 members (excludes halogenated alkanes) is 10. The third-order valence-corrected chi connectivity index (χ3v) is 9.89. The molecule has 0 aliphatic heterocycles. The number of methoxy groups -OCH3 is 2. The lowest BCUT2D eigenvalue weighted by Gasteiger charge is -2.36. The van der Waals surface area contributed by atoms with Crippen LogP contribution < -0.4 is 20.1 Å². The Morgan fingerprint density at radius 3 is 1.28 bits per heavy atom. The van der Waals surface area contributed by atoms with Crippen LogP contribution in [0.1, 0.15) is 107 Å². The van der Waals surface area contributed by atoms with Gasteiger partial charge in [0.2, 0.25) is 0 Å². The standard InChI is InChI=1S/C33H40F3NO5.C12H22F3NO3/c1-40-29-19-15-26(16-20-29)32(25-12-8-7-9-13-25,27-17-21-30(41-2)22-18-27)42-24-28(38)14-10-5-3-4-6-11-23-37-31(39)33(34,35)36;13-12(14,15)11(19)16-8-6-4-2-1-3-5-7-10(18)9-17/h7-9,12-13,15-22,28,38H,3-6,10-11,14,23-24H2,1-2H3,(H,37,39);10,17-18H,1-9H2,(H,16,19). The molecular weight excluding hydrogens is 810 g/mol. The van der Waals surface area contributed by atoms with Crippen molar-refractivity contribution >= 4 is 11.8 Å². The molecule has 0 aliphatic carbocycles. The molecule has 0 aliphatic rings. The van der Waals surface area contributed by atoms with E-state index in [2.05, 4.69) is 0 Å². The lowest BCUT2D eigenvalue weighted by atomic mass is 9.80. The number of nitrogens with one attached hydrogen (secondary N) is 2. The van der Waals surface area contributed by atoms with Crippen molar-refractivity contribution in [3.05, 3.63) is 95.6 Å². The second-order valence-corrected chi connectivity index (χ2v) is 14.6. The number of hydrogen-bond acceptors (Lipinski definition) is 8. The molecule has 10 nitrogen and oxygen atoms in total. The predicted molar refractivity (Wildman–Crippen MR) is 220 cm³/mol. The molecule has 0 heterocycles. The van der Waals surface area contributed by atoms with E-state index >= 15 is 0 Å². The number of aliphatic hydroxyl groups excluding tert-OH is 3. The van der Waals surface area contributed by atoms with E-state index in [9.17, 15) is 41.0 Å². The van der Waals surface area contributed by atoms with Crippen molar-refractivity contribution in [2.75, 3.05) is 40.5 Å². The molecule has 3 aromatic carbocycles. The van der Waals surface area contributed by atoms with E-state index in [1.807, 2.05) is 89.5 Å². The summed E-state index contributed by atoms with van der Waals surface area (Å²) in [6.45, 7) is -0.0632. The highest BCUT2D eigenvalue weighted by atomic mass is 19.4. The number of hydrogen-bond donors (Lipinski definition) is 5. The number of carbonyl (C=O) groups excluding carboxylic acids is 2. The molecule has 16 heteroatoms. The van der Waals surface area contributed by atoms with Gasteiger partial charge in [0.25, 0.3) is 0 Å². The molecule has 0 fully saturated rings. The van der Waals surface area contributed by atoms with Crippen LogP contribution in [0.25, 0.3) is 0 Å². The number of carbonyl (C=O) groups is 2. The first kappa shape index (κ1) is 52.8. The van der Waals surface area contributed by atoms with Crippen LogP contribution in [0.15, 0.2) is 78.9 Å². The zero-order chi connectivity index (χ0) is 45.2. The lowest BCUT2D eigenvalue weighted by molar-refractivity contribution is -0.173. The van der Waals surface area contributed by atoms with Crippen molar-refractivity contribution in [3.8, 4) is 11.5 Å². The Kier molecular flexibility index (Phi) is 24.4. The minimum atomic E-state index is -4.84. The van der Waals surface area contributed by atoms with Gasteiger partial charge >= 0.3 is 24.2 Å². The van der Waals surface area contributed by atoms with Gasteiger partial charge in [-0.25, -0.2) is 0 Å². The van der Waals surface area contributed by atoms with Crippen LogP contribution >= 0.6 is 0 Å². The Bertz CT molecular complexity index is 1580. The summed E-state index contributed by atoms with van der Waals surface area (Å²) < 4.78 is 89.5. The molecule has 5 N–H and O–H groups in total. The van der Waals surface area contributed by atoms with E-state index in [1.54, 1.807) is 14.2 Å². The Morgan fingerprint density at radius 1 is 0.541 bits per heavy atom. The summed E-state index contributed by atoms with van der Waals surface area (Å²) in [7, 11) is 3.24. The molecule has 61 heavy (non-hydrogen) atoms. The molecule has 0 saturated heterocycles. The van der Waals surface area contributed by atoms with Gasteiger partial charge in [0.1, 0.15) is 17.1 Å². The van der Waals surface area contributed by atoms with E-state index in [0.29, 0.717) is 25.7 Å². The average molecular weight is 873 g/mol. The molecule has 0 saturated carbocycles. The SMILES string of the molecule is COc1ccc(C(OCC(O)CCCCCCCCNC(=O)C(F)(F)F)(c2ccccc2)c2ccc(OC)cc2)cc1.O=C(NCCCCCCCCC(O)CO)C(F)(F)F. The number of rotatable bonds is 27. The summed E-state index contributed by atoms with van der Waals surface area (Å²) in [5.41, 5.74) is 1.69. The second kappa shape index (κ2) is 28.3. The number of alkyl halides is 6. The molecule has 3 rings (SSSR count). The Labute approximate surface area is 355 Å². The maximum atomic E-state index is 12.2. The van der Waals surface area contributed by atoms with Crippen molar-refractivity contribution in [1.82, 2.24) is 10.6 Å². The molecule has 0 bridgehead atoms. The summed E-state index contributed by atoms with van der Waals surface area (Å²) in [5, 5.41) is 32.3. The number of halogens is 6. The Morgan fingerprint density at radius 2 is 0.902 bits per heavy atom. The van der Waals surface area contributed by atoms with Gasteiger partial charge in [-0.15, -0.1) is 0 Å². The van der Waals surface area contributed by atoms with Crippen LogP contribution in [0.2, 0.25) is 0 Å². The molecule has 2 unspecified atom stereocenters. The lowest BCUT2D eigenvalue weighted by Crippen LogP contribution is -2.37. The number of benzene rings is 3. The van der Waals surface area contributed by atoms with E-state index in [1.165, 1.54) is 0 Å². The van der Waals surface area contributed by atoms with Crippen molar-refractivity contribution in [3.63, 3.8) is 0 Å². The fraction of sp³-hybridized carbons (Fsp3) is 0.556. The quantitative estimate of drug-likeness (QED) is 0.0291. The maximum Gasteiger partial charge on any atom is 0.471 e. The van der Waals surface area contributed by atoms with Crippen molar-refractivity contribution in [2.24, 2.45) is 0 Å². The highest BCUT2D eigenvalue weighted by molar-refractivity contribution is 5.81. The first-order chi connectivity index (χ1) is 29.1. The van der Waals surface area contributed by atoms with Crippen molar-refractivity contribution in [2.45, 2.75) is 120 Å². The molecule has 3 aromatic rings. The minimum absolute atomic E-state index is 0.0138. The topological polar surface area (TPSA) is 147 Å². The van der Waals surface area contributed by atoms with Gasteiger partial charge in [0.15, 0.2) is 0 Å². The fourth-order valence-corrected chi connectivity index (χ4v) is 6.50. The summed E-state index contributed by atoms with van der Waals surface area (Å²) in [6, 6.07) is 25.3. The summed E-state index contributed by atoms with van der Waals surface area (Å²) in [5.74, 6) is -2.33. The van der Waals surface area contributed by atoms with Crippen LogP contribution in [0.4, 0.5) is 26.3 Å². The third-order valence-electron chi connectivity index (χ3n) is 9.89. The van der Waals surface area contributed by atoms with Gasteiger partial charge in [-0.2, -0.15) is 26.3 Å². The summed E-state index contributed by atoms with van der Waals surface area (Å²) in [4.78, 5) is 21.3. The van der Waals surface area contributed by atoms with E-state index in [-0.39, 0.29) is 26.3 Å². The Balaban J connectivity index is 0.000000567. The van der Waals surface area contributed by atoms with E-state index in [0.717, 1.165) is 92.4 Å². The minimum Gasteiger partial charge on any atom is -0.497 e. The monoisotopic (exact) mass is 872 g/mol. The Hall–Kier alpha value is -4.38. The van der Waals surface area contributed by atoms with Gasteiger partial charge < -0.3 is 40.2 Å². The van der Waals surface area contributed by atoms with Crippen LogP contribution in [0.3, 0.4) is 0 Å². The molecular formula is C45H62F6N2O8. The van der Waals surface area contributed by atoms with Crippen LogP contribution in [0, 0.1) is 0 Å². The molecule has 0 aromatic heterocycles. The van der Waals surface area contributed by atoms with Gasteiger partial charge in [-0.05, 0) is 66.6 Å². The van der Waals surface area contributed by atoms with Gasteiger partial charge in [-0.3, -0.25) is 9.59 Å². The second-order valence-electron chi connectivity index (χ2n) is 14.6. The third kappa shape index (κ3) is 19.9. The van der Waals surface area contributed by atoms with E-state index < -0.39 is 42.0 Å². The first-order valence-electron chi connectivity index (χ1n) is 20.7. The zero-order valence-corrected chi connectivity index (χ0v) is 35.0. The smallest absolute Gasteiger partial charge is 0.471 e. The molecule has 2 atom stereocenters. The van der Waals surface area contributed by atoms with Crippen LogP contribution in [-0.4, -0.2) is 92.2 Å². The number of aliphatic hydroxyl groups is 3. The number of amides is 2. The zero-order valence-electron chi connectivity index (χ0n) is 35.0. The average Bonchev–Trinajstić information content (AvgIpc) is 3.25. The van der Waals surface area contributed by atoms with Gasteiger partial charge in [0.05, 0.1) is 39.6 Å². The normalized spacial score (nSPS) is 12.8. The maximum absolute atomic E-state index is 12.2. The highest BCUT2D eigenvalue weighted by Crippen LogP contribution is 2.42. The van der Waals surface area contributed by atoms with Gasteiger partial charge in [-0.1, -0.05) is 119 Å². The van der Waals surface area contributed by atoms with Crippen molar-refractivity contribution in [1.29, 1.82) is 0 Å². The molecule has 342 valence electrons. The van der Waals surface area contributed by atoms with Crippen LogP contribution in [0.5, 0.6) is 11.5 Å². The van der Waals surface area contributed by atoms with Gasteiger partial charge in [0, 0.05) is 13.1 Å². The predicted octanol–water partition coefficient (Wildman–Crippen LogP) is 8.53. The summed E-state index contributed by atoms with van der Waals surface area (Å²) >= 11 is 0. The largest absolute Gasteiger partial charge is 0.497 e. The first-order valence-corrected chi connectivity index (χ1v) is 20.7. The molecule has 0 radical (unpaired) electrons. The number of ether oxygens (including phenoxy) is 3. The highest BCUT2D eigenvalue weighted by Gasteiger charge is 2.40. The molecule has 0 spiro atoms. The summed E-state index contributed by atoms with van der Waals surface area (Å²) in [6.07, 6.45) is -0.358.